The zero-order valence-corrected chi connectivity index (χ0v) is 12.8. The van der Waals surface area contributed by atoms with Crippen LogP contribution in [0.5, 0.6) is 0 Å². The summed E-state index contributed by atoms with van der Waals surface area (Å²) in [7, 11) is 0. The van der Waals surface area contributed by atoms with E-state index in [1.54, 1.807) is 12.1 Å². The van der Waals surface area contributed by atoms with Crippen LogP contribution in [0.15, 0.2) is 30.6 Å². The first kappa shape index (κ1) is 15.2. The van der Waals surface area contributed by atoms with Crippen LogP contribution in [0, 0.1) is 16.7 Å². The molecule has 0 saturated heterocycles. The van der Waals surface area contributed by atoms with Gasteiger partial charge in [-0.05, 0) is 29.2 Å². The molecule has 5 nitrogen and oxygen atoms in total. The molecule has 21 heavy (non-hydrogen) atoms. The molecule has 112 valence electrons. The maximum atomic E-state index is 12.3. The van der Waals surface area contributed by atoms with Gasteiger partial charge >= 0.3 is 0 Å². The predicted molar refractivity (Wildman–Crippen MR) is 81.6 cm³/mol. The van der Waals surface area contributed by atoms with Crippen LogP contribution in [0.2, 0.25) is 0 Å². The highest BCUT2D eigenvalue weighted by Crippen LogP contribution is 2.68. The van der Waals surface area contributed by atoms with Crippen molar-refractivity contribution >= 4 is 17.5 Å². The Bertz CT molecular complexity index is 586. The van der Waals surface area contributed by atoms with Crippen LogP contribution in [0.4, 0.5) is 5.82 Å². The average Bonchev–Trinajstić information content (AvgIpc) is 2.80. The molecular weight excluding hydrogens is 266 g/mol. The summed E-state index contributed by atoms with van der Waals surface area (Å²) in [6, 6.07) is 3.24. The molecule has 1 aromatic heterocycles. The quantitative estimate of drug-likeness (QED) is 0.657. The third-order valence-corrected chi connectivity index (χ3v) is 4.83. The van der Waals surface area contributed by atoms with Crippen molar-refractivity contribution in [2.75, 3.05) is 5.32 Å². The minimum absolute atomic E-state index is 0.0150. The van der Waals surface area contributed by atoms with Crippen LogP contribution >= 0.6 is 0 Å². The van der Waals surface area contributed by atoms with Crippen molar-refractivity contribution in [3.63, 3.8) is 0 Å². The Kier molecular flexibility index (Phi) is 3.61. The van der Waals surface area contributed by atoms with Crippen molar-refractivity contribution in [1.82, 2.24) is 4.98 Å². The smallest absolute Gasteiger partial charge is 0.229 e. The first-order chi connectivity index (χ1) is 9.71. The van der Waals surface area contributed by atoms with Gasteiger partial charge in [-0.25, -0.2) is 4.98 Å². The number of aromatic nitrogens is 1. The molecule has 0 bridgehead atoms. The van der Waals surface area contributed by atoms with E-state index in [1.165, 1.54) is 18.5 Å². The first-order valence-electron chi connectivity index (χ1n) is 6.91. The molecule has 0 aliphatic heterocycles. The van der Waals surface area contributed by atoms with Crippen LogP contribution in [0.1, 0.15) is 38.1 Å². The van der Waals surface area contributed by atoms with Gasteiger partial charge in [0.2, 0.25) is 5.91 Å². The Hall–Kier alpha value is -2.17. The van der Waals surface area contributed by atoms with Gasteiger partial charge in [0.25, 0.3) is 0 Å². The van der Waals surface area contributed by atoms with E-state index >= 15 is 0 Å². The second-order valence-electron chi connectivity index (χ2n) is 6.52. The Morgan fingerprint density at radius 1 is 1.24 bits per heavy atom. The maximum Gasteiger partial charge on any atom is 0.229 e. The van der Waals surface area contributed by atoms with Crippen molar-refractivity contribution < 1.29 is 9.59 Å². The maximum absolute atomic E-state index is 12.3. The topological polar surface area (TPSA) is 85.1 Å². The molecule has 1 aromatic rings. The highest BCUT2D eigenvalue weighted by atomic mass is 16.2. The van der Waals surface area contributed by atoms with Crippen molar-refractivity contribution in [3.05, 3.63) is 36.2 Å². The van der Waals surface area contributed by atoms with Gasteiger partial charge in [0.1, 0.15) is 5.82 Å². The van der Waals surface area contributed by atoms with Gasteiger partial charge in [0, 0.05) is 23.8 Å². The SMILES string of the molecule is CC1(C)C(C(=O)Nc2ccc(C(=O)/C=C\N)cn2)C1(C)C. The minimum atomic E-state index is -0.215. The fraction of sp³-hybridized carbons (Fsp3) is 0.438. The molecule has 1 saturated carbocycles. The molecular formula is C16H21N3O2. The van der Waals surface area contributed by atoms with Crippen molar-refractivity contribution in [3.8, 4) is 0 Å². The van der Waals surface area contributed by atoms with Gasteiger partial charge < -0.3 is 11.1 Å². The van der Waals surface area contributed by atoms with E-state index in [0.717, 1.165) is 0 Å². The number of carbonyl (C=O) groups excluding carboxylic acids is 2. The Morgan fingerprint density at radius 2 is 1.86 bits per heavy atom. The number of hydrogen-bond donors (Lipinski definition) is 2. The number of amides is 1. The number of anilines is 1. The van der Waals surface area contributed by atoms with Crippen molar-refractivity contribution in [2.24, 2.45) is 22.5 Å². The average molecular weight is 287 g/mol. The number of hydrogen-bond acceptors (Lipinski definition) is 4. The van der Waals surface area contributed by atoms with E-state index in [0.29, 0.717) is 11.4 Å². The molecule has 5 heteroatoms. The van der Waals surface area contributed by atoms with Crippen molar-refractivity contribution in [2.45, 2.75) is 27.7 Å². The van der Waals surface area contributed by atoms with Crippen molar-refractivity contribution in [1.29, 1.82) is 0 Å². The number of allylic oxidation sites excluding steroid dienone is 1. The molecule has 0 radical (unpaired) electrons. The number of nitrogens with zero attached hydrogens (tertiary/aromatic N) is 1. The third kappa shape index (κ3) is 2.55. The number of ketones is 1. The second-order valence-corrected chi connectivity index (χ2v) is 6.52. The Labute approximate surface area is 124 Å². The zero-order valence-electron chi connectivity index (χ0n) is 12.8. The summed E-state index contributed by atoms with van der Waals surface area (Å²) in [5, 5.41) is 2.81. The lowest BCUT2D eigenvalue weighted by atomic mass is 10.0. The highest BCUT2D eigenvalue weighted by Gasteiger charge is 2.68. The van der Waals surface area contributed by atoms with Gasteiger partial charge in [0.15, 0.2) is 5.78 Å². The highest BCUT2D eigenvalue weighted by molar-refractivity contribution is 6.04. The lowest BCUT2D eigenvalue weighted by molar-refractivity contribution is -0.118. The largest absolute Gasteiger partial charge is 0.404 e. The molecule has 2 rings (SSSR count). The normalized spacial score (nSPS) is 19.4. The van der Waals surface area contributed by atoms with E-state index in [-0.39, 0.29) is 28.4 Å². The zero-order chi connectivity index (χ0) is 15.8. The molecule has 0 atom stereocenters. The van der Waals surface area contributed by atoms with Gasteiger partial charge in [0.05, 0.1) is 0 Å². The fourth-order valence-electron chi connectivity index (χ4n) is 2.85. The number of pyridine rings is 1. The first-order valence-corrected chi connectivity index (χ1v) is 6.91. The molecule has 1 aliphatic rings. The Morgan fingerprint density at radius 3 is 2.29 bits per heavy atom. The second kappa shape index (κ2) is 4.98. The number of rotatable bonds is 4. The lowest BCUT2D eigenvalue weighted by Crippen LogP contribution is -2.18. The molecule has 1 aliphatic carbocycles. The molecule has 1 amide bonds. The predicted octanol–water partition coefficient (Wildman–Crippen LogP) is 2.36. The van der Waals surface area contributed by atoms with E-state index in [1.807, 2.05) is 0 Å². The molecule has 0 spiro atoms. The van der Waals surface area contributed by atoms with Crippen LogP contribution in [-0.4, -0.2) is 16.7 Å². The number of nitrogens with one attached hydrogen (secondary N) is 1. The summed E-state index contributed by atoms with van der Waals surface area (Å²) in [4.78, 5) is 28.0. The van der Waals surface area contributed by atoms with Crippen LogP contribution in [-0.2, 0) is 4.79 Å². The Balaban J connectivity index is 2.05. The monoisotopic (exact) mass is 287 g/mol. The van der Waals surface area contributed by atoms with E-state index < -0.39 is 0 Å². The minimum Gasteiger partial charge on any atom is -0.404 e. The van der Waals surface area contributed by atoms with Gasteiger partial charge in [-0.3, -0.25) is 9.59 Å². The summed E-state index contributed by atoms with van der Waals surface area (Å²) >= 11 is 0. The van der Waals surface area contributed by atoms with E-state index in [4.69, 9.17) is 5.73 Å². The summed E-state index contributed by atoms with van der Waals surface area (Å²) in [6.45, 7) is 8.36. The van der Waals surface area contributed by atoms with Crippen LogP contribution in [0.25, 0.3) is 0 Å². The summed E-state index contributed by atoms with van der Waals surface area (Å²) in [5.41, 5.74) is 5.58. The third-order valence-electron chi connectivity index (χ3n) is 4.83. The van der Waals surface area contributed by atoms with Gasteiger partial charge in [-0.15, -0.1) is 0 Å². The summed E-state index contributed by atoms with van der Waals surface area (Å²) in [5.74, 6) is 0.172. The molecule has 1 fully saturated rings. The lowest BCUT2D eigenvalue weighted by Gasteiger charge is -2.06. The van der Waals surface area contributed by atoms with Gasteiger partial charge in [-0.2, -0.15) is 0 Å². The number of carbonyl (C=O) groups is 2. The molecule has 1 heterocycles. The summed E-state index contributed by atoms with van der Waals surface area (Å²) in [6.07, 6.45) is 3.89. The molecule has 0 unspecified atom stereocenters. The van der Waals surface area contributed by atoms with Crippen LogP contribution in [0.3, 0.4) is 0 Å². The van der Waals surface area contributed by atoms with E-state index in [2.05, 4.69) is 38.0 Å². The molecule has 3 N–H and O–H groups in total. The molecule has 0 aromatic carbocycles. The summed E-state index contributed by atoms with van der Waals surface area (Å²) < 4.78 is 0. The van der Waals surface area contributed by atoms with E-state index in [9.17, 15) is 9.59 Å². The fourth-order valence-corrected chi connectivity index (χ4v) is 2.85. The van der Waals surface area contributed by atoms with Gasteiger partial charge in [-0.1, -0.05) is 27.7 Å². The standard InChI is InChI=1S/C16H21N3O2/c1-15(2)13(16(15,3)4)14(21)19-12-6-5-10(9-18-12)11(20)7-8-17/h5-9,13H,17H2,1-4H3,(H,18,19,21)/b8-7-. The number of nitrogens with two attached hydrogens (primary N) is 1. The van der Waals surface area contributed by atoms with Crippen LogP contribution < -0.4 is 11.1 Å².